The van der Waals surface area contributed by atoms with Gasteiger partial charge >= 0.3 is 0 Å². The number of carbonyl (C=O) groups is 1. The molecule has 5 heteroatoms. The normalized spacial score (nSPS) is 18.5. The largest absolute Gasteiger partial charge is 0.487 e. The van der Waals surface area contributed by atoms with Crippen molar-refractivity contribution in [3.8, 4) is 5.75 Å². The molecule has 98 valence electrons. The zero-order chi connectivity index (χ0) is 13.1. The minimum Gasteiger partial charge on any atom is -0.487 e. The molecular weight excluding hydrogens is 260 g/mol. The molecule has 0 N–H and O–H groups in total. The minimum absolute atomic E-state index is 0.0618. The Morgan fingerprint density at radius 3 is 3.16 bits per heavy atom. The summed E-state index contributed by atoms with van der Waals surface area (Å²) in [6.07, 6.45) is 4.34. The van der Waals surface area contributed by atoms with Crippen LogP contribution in [0.25, 0.3) is 0 Å². The van der Waals surface area contributed by atoms with Crippen LogP contribution in [0, 0.1) is 0 Å². The Kier molecular flexibility index (Phi) is 3.46. The number of carbonyl (C=O) groups excluding carboxylic acids is 1. The molecule has 1 amide bonds. The second-order valence-electron chi connectivity index (χ2n) is 4.48. The molecule has 0 saturated carbocycles. The summed E-state index contributed by atoms with van der Waals surface area (Å²) < 4.78 is 5.82. The van der Waals surface area contributed by atoms with Gasteiger partial charge in [-0.15, -0.1) is 0 Å². The molecule has 1 aliphatic heterocycles. The van der Waals surface area contributed by atoms with Crippen LogP contribution >= 0.6 is 11.3 Å². The lowest BCUT2D eigenvalue weighted by atomic mass is 10.3. The second-order valence-corrected chi connectivity index (χ2v) is 5.26. The summed E-state index contributed by atoms with van der Waals surface area (Å²) in [5.74, 6) is 0.857. The standard InChI is InChI=1S/C14H14N2O2S/c17-14(11-4-7-19-10-11)16-6-3-13(9-16)18-12-2-1-5-15-8-12/h1-2,4-5,7-8,10,13H,3,6,9H2. The first-order valence-corrected chi connectivity index (χ1v) is 7.15. The summed E-state index contributed by atoms with van der Waals surface area (Å²) in [4.78, 5) is 18.0. The second kappa shape index (κ2) is 5.40. The highest BCUT2D eigenvalue weighted by molar-refractivity contribution is 7.08. The maximum Gasteiger partial charge on any atom is 0.254 e. The van der Waals surface area contributed by atoms with Gasteiger partial charge in [0.1, 0.15) is 11.9 Å². The van der Waals surface area contributed by atoms with Crippen molar-refractivity contribution in [1.82, 2.24) is 9.88 Å². The van der Waals surface area contributed by atoms with Crippen LogP contribution in [-0.4, -0.2) is 35.0 Å². The fourth-order valence-electron chi connectivity index (χ4n) is 2.19. The summed E-state index contributed by atoms with van der Waals surface area (Å²) in [7, 11) is 0. The van der Waals surface area contributed by atoms with E-state index in [4.69, 9.17) is 4.74 Å². The summed E-state index contributed by atoms with van der Waals surface area (Å²) >= 11 is 1.54. The molecule has 1 fully saturated rings. The molecular formula is C14H14N2O2S. The topological polar surface area (TPSA) is 42.4 Å². The Morgan fingerprint density at radius 1 is 1.47 bits per heavy atom. The Balaban J connectivity index is 1.60. The van der Waals surface area contributed by atoms with Gasteiger partial charge in [-0.05, 0) is 23.6 Å². The van der Waals surface area contributed by atoms with Crippen LogP contribution in [0.1, 0.15) is 16.8 Å². The number of likely N-dealkylation sites (tertiary alicyclic amines) is 1. The average Bonchev–Trinajstić information content (AvgIpc) is 3.10. The maximum absolute atomic E-state index is 12.2. The van der Waals surface area contributed by atoms with Gasteiger partial charge in [0, 0.05) is 24.5 Å². The first kappa shape index (κ1) is 12.2. The first-order valence-electron chi connectivity index (χ1n) is 6.21. The van der Waals surface area contributed by atoms with Gasteiger partial charge in [0.15, 0.2) is 0 Å². The number of rotatable bonds is 3. The van der Waals surface area contributed by atoms with Crippen LogP contribution in [0.15, 0.2) is 41.4 Å². The van der Waals surface area contributed by atoms with Crippen molar-refractivity contribution < 1.29 is 9.53 Å². The molecule has 0 radical (unpaired) electrons. The third-order valence-electron chi connectivity index (χ3n) is 3.14. The van der Waals surface area contributed by atoms with Crippen molar-refractivity contribution in [2.24, 2.45) is 0 Å². The molecule has 3 heterocycles. The Bertz CT molecular complexity index is 542. The van der Waals surface area contributed by atoms with Gasteiger partial charge < -0.3 is 9.64 Å². The molecule has 0 aromatic carbocycles. The summed E-state index contributed by atoms with van der Waals surface area (Å²) in [5.41, 5.74) is 0.770. The smallest absolute Gasteiger partial charge is 0.254 e. The number of hydrogen-bond donors (Lipinski definition) is 0. The van der Waals surface area contributed by atoms with E-state index in [9.17, 15) is 4.79 Å². The van der Waals surface area contributed by atoms with Crippen LogP contribution < -0.4 is 4.74 Å². The van der Waals surface area contributed by atoms with E-state index in [0.717, 1.165) is 24.3 Å². The Labute approximate surface area is 115 Å². The number of nitrogens with zero attached hydrogens (tertiary/aromatic N) is 2. The summed E-state index contributed by atoms with van der Waals surface area (Å²) in [6.45, 7) is 1.39. The molecule has 4 nitrogen and oxygen atoms in total. The molecule has 2 aromatic heterocycles. The Hall–Kier alpha value is -1.88. The van der Waals surface area contributed by atoms with Crippen molar-refractivity contribution in [3.63, 3.8) is 0 Å². The van der Waals surface area contributed by atoms with Gasteiger partial charge in [-0.1, -0.05) is 0 Å². The van der Waals surface area contributed by atoms with Gasteiger partial charge in [-0.2, -0.15) is 11.3 Å². The predicted octanol–water partition coefficient (Wildman–Crippen LogP) is 2.44. The van der Waals surface area contributed by atoms with Crippen LogP contribution in [0.5, 0.6) is 5.75 Å². The molecule has 1 aliphatic rings. The van der Waals surface area contributed by atoms with Crippen LogP contribution in [-0.2, 0) is 0 Å². The van der Waals surface area contributed by atoms with Gasteiger partial charge in [0.25, 0.3) is 5.91 Å². The lowest BCUT2D eigenvalue weighted by Crippen LogP contribution is -2.30. The molecule has 0 bridgehead atoms. The number of amides is 1. The zero-order valence-electron chi connectivity index (χ0n) is 10.4. The number of thiophene rings is 1. The highest BCUT2D eigenvalue weighted by atomic mass is 32.1. The van der Waals surface area contributed by atoms with Gasteiger partial charge in [0.05, 0.1) is 18.3 Å². The molecule has 0 aliphatic carbocycles. The van der Waals surface area contributed by atoms with Crippen molar-refractivity contribution in [2.75, 3.05) is 13.1 Å². The van der Waals surface area contributed by atoms with Gasteiger partial charge in [-0.3, -0.25) is 9.78 Å². The third kappa shape index (κ3) is 2.76. The monoisotopic (exact) mass is 274 g/mol. The van der Waals surface area contributed by atoms with E-state index in [2.05, 4.69) is 4.98 Å². The minimum atomic E-state index is 0.0618. The lowest BCUT2D eigenvalue weighted by Gasteiger charge is -2.16. The SMILES string of the molecule is O=C(c1ccsc1)N1CCC(Oc2cccnc2)C1. The van der Waals surface area contributed by atoms with Gasteiger partial charge in [0.2, 0.25) is 0 Å². The quantitative estimate of drug-likeness (QED) is 0.863. The molecule has 3 rings (SSSR count). The van der Waals surface area contributed by atoms with Crippen LogP contribution in [0.3, 0.4) is 0 Å². The Morgan fingerprint density at radius 2 is 2.42 bits per heavy atom. The maximum atomic E-state index is 12.2. The predicted molar refractivity (Wildman–Crippen MR) is 73.5 cm³/mol. The molecule has 1 atom stereocenters. The number of pyridine rings is 1. The highest BCUT2D eigenvalue weighted by Crippen LogP contribution is 2.19. The third-order valence-corrected chi connectivity index (χ3v) is 3.82. The number of aromatic nitrogens is 1. The fourth-order valence-corrected chi connectivity index (χ4v) is 2.82. The van der Waals surface area contributed by atoms with Crippen molar-refractivity contribution in [3.05, 3.63) is 46.9 Å². The summed E-state index contributed by atoms with van der Waals surface area (Å²) in [6, 6.07) is 5.59. The van der Waals surface area contributed by atoms with Crippen LogP contribution in [0.2, 0.25) is 0 Å². The molecule has 2 aromatic rings. The molecule has 1 unspecified atom stereocenters. The molecule has 19 heavy (non-hydrogen) atoms. The molecule has 0 spiro atoms. The van der Waals surface area contributed by atoms with E-state index < -0.39 is 0 Å². The van der Waals surface area contributed by atoms with Gasteiger partial charge in [-0.25, -0.2) is 0 Å². The first-order chi connectivity index (χ1) is 9.33. The molecule has 1 saturated heterocycles. The van der Waals surface area contributed by atoms with E-state index in [1.807, 2.05) is 33.9 Å². The lowest BCUT2D eigenvalue weighted by molar-refractivity contribution is 0.0773. The number of hydrogen-bond acceptors (Lipinski definition) is 4. The summed E-state index contributed by atoms with van der Waals surface area (Å²) in [5, 5.41) is 3.81. The zero-order valence-corrected chi connectivity index (χ0v) is 11.2. The van der Waals surface area contributed by atoms with E-state index in [0.29, 0.717) is 6.54 Å². The average molecular weight is 274 g/mol. The van der Waals surface area contributed by atoms with Crippen LogP contribution in [0.4, 0.5) is 0 Å². The van der Waals surface area contributed by atoms with Crippen molar-refractivity contribution >= 4 is 17.2 Å². The van der Waals surface area contributed by atoms with E-state index in [1.165, 1.54) is 0 Å². The van der Waals surface area contributed by atoms with Crippen molar-refractivity contribution in [1.29, 1.82) is 0 Å². The fraction of sp³-hybridized carbons (Fsp3) is 0.286. The van der Waals surface area contributed by atoms with Crippen molar-refractivity contribution in [2.45, 2.75) is 12.5 Å². The van der Waals surface area contributed by atoms with E-state index >= 15 is 0 Å². The van der Waals surface area contributed by atoms with E-state index in [-0.39, 0.29) is 12.0 Å². The van der Waals surface area contributed by atoms with E-state index in [1.54, 1.807) is 23.7 Å². The number of ether oxygens (including phenoxy) is 1. The highest BCUT2D eigenvalue weighted by Gasteiger charge is 2.28.